The molecule has 0 aromatic heterocycles. The van der Waals surface area contributed by atoms with E-state index in [1.54, 1.807) is 11.9 Å². The summed E-state index contributed by atoms with van der Waals surface area (Å²) in [6.45, 7) is 8.88. The zero-order valence-corrected chi connectivity index (χ0v) is 11.5. The third-order valence-electron chi connectivity index (χ3n) is 2.13. The number of carboxylic acids is 1. The molecule has 0 aliphatic carbocycles. The Kier molecular flexibility index (Phi) is 5.99. The highest BCUT2D eigenvalue weighted by atomic mass is 16.4. The molecule has 1 N–H and O–H groups in total. The molecule has 0 aromatic rings. The van der Waals surface area contributed by atoms with Gasteiger partial charge in [-0.15, -0.1) is 0 Å². The van der Waals surface area contributed by atoms with Crippen molar-refractivity contribution >= 4 is 12.0 Å². The molecule has 0 radical (unpaired) electrons. The number of rotatable bonds is 5. The third-order valence-corrected chi connectivity index (χ3v) is 2.13. The van der Waals surface area contributed by atoms with E-state index in [2.05, 4.69) is 0 Å². The van der Waals surface area contributed by atoms with Gasteiger partial charge in [0.15, 0.2) is 0 Å². The van der Waals surface area contributed by atoms with E-state index in [1.165, 1.54) is 4.90 Å². The highest BCUT2D eigenvalue weighted by Crippen LogP contribution is 2.15. The van der Waals surface area contributed by atoms with Crippen molar-refractivity contribution in [1.29, 1.82) is 0 Å². The Morgan fingerprint density at radius 1 is 1.24 bits per heavy atom. The Bertz CT molecular complexity index is 271. The lowest BCUT2D eigenvalue weighted by molar-refractivity contribution is -0.137. The Labute approximate surface area is 103 Å². The summed E-state index contributed by atoms with van der Waals surface area (Å²) in [7, 11) is 1.71. The fraction of sp³-hybridized carbons (Fsp3) is 0.833. The lowest BCUT2D eigenvalue weighted by Gasteiger charge is -2.31. The van der Waals surface area contributed by atoms with E-state index >= 15 is 0 Å². The third kappa shape index (κ3) is 6.81. The normalized spacial score (nSPS) is 11.1. The van der Waals surface area contributed by atoms with Crippen molar-refractivity contribution in [2.45, 2.75) is 34.1 Å². The first-order valence-electron chi connectivity index (χ1n) is 5.89. The summed E-state index contributed by atoms with van der Waals surface area (Å²) in [5.74, 6) is -0.976. The van der Waals surface area contributed by atoms with Gasteiger partial charge in [0.05, 0.1) is 0 Å². The number of urea groups is 1. The lowest BCUT2D eigenvalue weighted by atomic mass is 9.96. The first-order chi connectivity index (χ1) is 7.67. The number of carbonyl (C=O) groups excluding carboxylic acids is 1. The zero-order chi connectivity index (χ0) is 13.6. The van der Waals surface area contributed by atoms with Crippen LogP contribution in [-0.4, -0.2) is 53.6 Å². The molecular formula is C12H24N2O3. The molecule has 2 amide bonds. The first kappa shape index (κ1) is 15.7. The molecule has 5 heteroatoms. The van der Waals surface area contributed by atoms with E-state index in [-0.39, 0.29) is 18.0 Å². The predicted molar refractivity (Wildman–Crippen MR) is 67.0 cm³/mol. The maximum atomic E-state index is 12.0. The number of nitrogens with zero attached hydrogens (tertiary/aromatic N) is 2. The molecular weight excluding hydrogens is 220 g/mol. The van der Waals surface area contributed by atoms with Crippen LogP contribution in [0.5, 0.6) is 0 Å². The topological polar surface area (TPSA) is 60.9 Å². The molecule has 0 bridgehead atoms. The van der Waals surface area contributed by atoms with E-state index < -0.39 is 5.97 Å². The van der Waals surface area contributed by atoms with Gasteiger partial charge in [-0.25, -0.2) is 4.79 Å². The molecule has 100 valence electrons. The average molecular weight is 244 g/mol. The molecule has 0 aliphatic rings. The molecule has 0 aromatic carbocycles. The molecule has 0 spiro atoms. The van der Waals surface area contributed by atoms with Gasteiger partial charge in [-0.1, -0.05) is 27.7 Å². The summed E-state index contributed by atoms with van der Waals surface area (Å²) in [4.78, 5) is 25.7. The SMILES string of the molecule is CCCN(CC(=O)O)C(=O)N(C)CC(C)(C)C. The summed E-state index contributed by atoms with van der Waals surface area (Å²) in [5, 5.41) is 8.76. The van der Waals surface area contributed by atoms with E-state index in [4.69, 9.17) is 5.11 Å². The smallest absolute Gasteiger partial charge is 0.323 e. The summed E-state index contributed by atoms with van der Waals surface area (Å²) < 4.78 is 0. The molecule has 0 aliphatic heterocycles. The van der Waals surface area contributed by atoms with E-state index in [1.807, 2.05) is 27.7 Å². The van der Waals surface area contributed by atoms with E-state index in [0.29, 0.717) is 13.1 Å². The van der Waals surface area contributed by atoms with Gasteiger partial charge in [0.1, 0.15) is 6.54 Å². The Morgan fingerprint density at radius 3 is 2.12 bits per heavy atom. The van der Waals surface area contributed by atoms with Gasteiger partial charge in [-0.05, 0) is 11.8 Å². The van der Waals surface area contributed by atoms with Crippen LogP contribution in [0.15, 0.2) is 0 Å². The molecule has 0 unspecified atom stereocenters. The summed E-state index contributed by atoms with van der Waals surface area (Å²) >= 11 is 0. The van der Waals surface area contributed by atoms with Gasteiger partial charge in [0, 0.05) is 20.1 Å². The molecule has 0 atom stereocenters. The van der Waals surface area contributed by atoms with E-state index in [9.17, 15) is 9.59 Å². The second-order valence-corrected chi connectivity index (χ2v) is 5.51. The fourth-order valence-electron chi connectivity index (χ4n) is 1.70. The van der Waals surface area contributed by atoms with Crippen LogP contribution in [0.2, 0.25) is 0 Å². The second kappa shape index (κ2) is 6.47. The highest BCUT2D eigenvalue weighted by molar-refractivity contribution is 5.80. The second-order valence-electron chi connectivity index (χ2n) is 5.51. The van der Waals surface area contributed by atoms with Crippen LogP contribution in [0.1, 0.15) is 34.1 Å². The maximum absolute atomic E-state index is 12.0. The summed E-state index contributed by atoms with van der Waals surface area (Å²) in [6.07, 6.45) is 0.752. The number of carbonyl (C=O) groups is 2. The Balaban J connectivity index is 4.54. The van der Waals surface area contributed by atoms with Crippen molar-refractivity contribution in [3.63, 3.8) is 0 Å². The minimum Gasteiger partial charge on any atom is -0.480 e. The number of hydrogen-bond acceptors (Lipinski definition) is 2. The molecule has 0 saturated carbocycles. The van der Waals surface area contributed by atoms with Crippen LogP contribution < -0.4 is 0 Å². The minimum atomic E-state index is -0.976. The van der Waals surface area contributed by atoms with Gasteiger partial charge >= 0.3 is 12.0 Å². The van der Waals surface area contributed by atoms with Gasteiger partial charge in [0.2, 0.25) is 0 Å². The molecule has 5 nitrogen and oxygen atoms in total. The van der Waals surface area contributed by atoms with Crippen LogP contribution in [0.3, 0.4) is 0 Å². The molecule has 0 fully saturated rings. The zero-order valence-electron chi connectivity index (χ0n) is 11.5. The largest absolute Gasteiger partial charge is 0.480 e. The minimum absolute atomic E-state index is 0.00547. The van der Waals surface area contributed by atoms with Crippen molar-refractivity contribution in [3.05, 3.63) is 0 Å². The predicted octanol–water partition coefficient (Wildman–Crippen LogP) is 1.88. The summed E-state index contributed by atoms with van der Waals surface area (Å²) in [5.41, 5.74) is 0.00547. The van der Waals surface area contributed by atoms with Gasteiger partial charge in [-0.2, -0.15) is 0 Å². The average Bonchev–Trinajstić information content (AvgIpc) is 2.12. The van der Waals surface area contributed by atoms with Gasteiger partial charge in [0.25, 0.3) is 0 Å². The molecule has 0 heterocycles. The number of amides is 2. The lowest BCUT2D eigenvalue weighted by Crippen LogP contribution is -2.46. The quantitative estimate of drug-likeness (QED) is 0.803. The maximum Gasteiger partial charge on any atom is 0.323 e. The Hall–Kier alpha value is -1.26. The molecule has 17 heavy (non-hydrogen) atoms. The molecule has 0 rings (SSSR count). The van der Waals surface area contributed by atoms with Crippen LogP contribution in [-0.2, 0) is 4.79 Å². The van der Waals surface area contributed by atoms with Crippen LogP contribution in [0.4, 0.5) is 4.79 Å². The van der Waals surface area contributed by atoms with Crippen molar-refractivity contribution in [2.75, 3.05) is 26.7 Å². The van der Waals surface area contributed by atoms with Crippen molar-refractivity contribution in [3.8, 4) is 0 Å². The van der Waals surface area contributed by atoms with E-state index in [0.717, 1.165) is 6.42 Å². The van der Waals surface area contributed by atoms with Gasteiger partial charge in [-0.3, -0.25) is 4.79 Å². The standard InChI is InChI=1S/C12H24N2O3/c1-6-7-14(8-10(15)16)11(17)13(5)9-12(2,3)4/h6-9H2,1-5H3,(H,15,16). The van der Waals surface area contributed by atoms with Crippen molar-refractivity contribution < 1.29 is 14.7 Å². The monoisotopic (exact) mass is 244 g/mol. The first-order valence-corrected chi connectivity index (χ1v) is 5.89. The summed E-state index contributed by atoms with van der Waals surface area (Å²) in [6, 6.07) is -0.218. The number of carboxylic acid groups (broad SMARTS) is 1. The van der Waals surface area contributed by atoms with Gasteiger partial charge < -0.3 is 14.9 Å². The molecule has 0 saturated heterocycles. The van der Waals surface area contributed by atoms with Crippen molar-refractivity contribution in [2.24, 2.45) is 5.41 Å². The fourth-order valence-corrected chi connectivity index (χ4v) is 1.70. The number of aliphatic carboxylic acids is 1. The Morgan fingerprint density at radius 2 is 1.76 bits per heavy atom. The number of hydrogen-bond donors (Lipinski definition) is 1. The van der Waals surface area contributed by atoms with Crippen LogP contribution in [0.25, 0.3) is 0 Å². The van der Waals surface area contributed by atoms with Crippen LogP contribution in [0, 0.1) is 5.41 Å². The highest BCUT2D eigenvalue weighted by Gasteiger charge is 2.23. The van der Waals surface area contributed by atoms with Crippen molar-refractivity contribution in [1.82, 2.24) is 9.80 Å². The van der Waals surface area contributed by atoms with Crippen LogP contribution >= 0.6 is 0 Å².